The van der Waals surface area contributed by atoms with Crippen molar-refractivity contribution in [2.75, 3.05) is 10.6 Å². The molecule has 0 spiro atoms. The second-order valence-corrected chi connectivity index (χ2v) is 7.91. The van der Waals surface area contributed by atoms with E-state index >= 15 is 0 Å². The van der Waals surface area contributed by atoms with Crippen LogP contribution in [0.2, 0.25) is 0 Å². The number of rotatable bonds is 6. The maximum atomic E-state index is 12.5. The lowest BCUT2D eigenvalue weighted by molar-refractivity contribution is 0.0996. The Labute approximate surface area is 190 Å². The molecule has 3 N–H and O–H groups in total. The fourth-order valence-electron chi connectivity index (χ4n) is 4.00. The van der Waals surface area contributed by atoms with Crippen LogP contribution in [-0.2, 0) is 0 Å². The molecular weight excluding hydrogens is 414 g/mol. The van der Waals surface area contributed by atoms with E-state index in [0.717, 1.165) is 39.2 Å². The molecule has 0 aliphatic rings. The van der Waals surface area contributed by atoms with Gasteiger partial charge in [-0.3, -0.25) is 9.78 Å². The standard InChI is InChI=1S/C26H23N5O2/c1-16-10-12-28-23(14-16)31-25(21-6-3-4-11-27-21)24-17(2)29-20-9-8-18(15-19(20)24)30-26(32)22-7-5-13-33-22/h3-15,25,29H,1-2H3,(H,28,31)(H,30,32)/t25-/m0/s1. The van der Waals surface area contributed by atoms with Crippen molar-refractivity contribution in [3.63, 3.8) is 0 Å². The summed E-state index contributed by atoms with van der Waals surface area (Å²) in [5.41, 5.74) is 5.69. The number of benzene rings is 1. The second kappa shape index (κ2) is 8.63. The van der Waals surface area contributed by atoms with Gasteiger partial charge in [-0.25, -0.2) is 4.98 Å². The molecule has 0 bridgehead atoms. The molecule has 4 heterocycles. The lowest BCUT2D eigenvalue weighted by Gasteiger charge is -2.20. The average molecular weight is 438 g/mol. The van der Waals surface area contributed by atoms with Gasteiger partial charge in [0, 0.05) is 40.2 Å². The normalized spacial score (nSPS) is 11.9. The van der Waals surface area contributed by atoms with Crippen molar-refractivity contribution in [2.24, 2.45) is 0 Å². The number of aryl methyl sites for hydroxylation is 2. The third-order valence-electron chi connectivity index (χ3n) is 5.52. The van der Waals surface area contributed by atoms with Gasteiger partial charge in [0.2, 0.25) is 0 Å². The number of nitrogens with one attached hydrogen (secondary N) is 3. The summed E-state index contributed by atoms with van der Waals surface area (Å²) in [6.07, 6.45) is 5.05. The Morgan fingerprint density at radius 1 is 1.00 bits per heavy atom. The van der Waals surface area contributed by atoms with Crippen LogP contribution in [-0.4, -0.2) is 20.9 Å². The molecule has 5 rings (SSSR count). The molecule has 0 saturated carbocycles. The van der Waals surface area contributed by atoms with Crippen molar-refractivity contribution in [1.29, 1.82) is 0 Å². The Morgan fingerprint density at radius 2 is 1.91 bits per heavy atom. The van der Waals surface area contributed by atoms with E-state index in [4.69, 9.17) is 4.42 Å². The lowest BCUT2D eigenvalue weighted by Crippen LogP contribution is -2.15. The number of fused-ring (bicyclic) bond motifs is 1. The molecule has 1 amide bonds. The van der Waals surface area contributed by atoms with Crippen LogP contribution in [0, 0.1) is 13.8 Å². The number of furan rings is 1. The third-order valence-corrected chi connectivity index (χ3v) is 5.52. The van der Waals surface area contributed by atoms with Gasteiger partial charge in [0.15, 0.2) is 5.76 Å². The summed E-state index contributed by atoms with van der Waals surface area (Å²) in [7, 11) is 0. The van der Waals surface area contributed by atoms with Gasteiger partial charge in [0.1, 0.15) is 5.82 Å². The number of hydrogen-bond donors (Lipinski definition) is 3. The maximum absolute atomic E-state index is 12.5. The Bertz CT molecular complexity index is 1410. The van der Waals surface area contributed by atoms with E-state index in [-0.39, 0.29) is 17.7 Å². The van der Waals surface area contributed by atoms with Crippen LogP contribution in [0.3, 0.4) is 0 Å². The van der Waals surface area contributed by atoms with Crippen LogP contribution in [0.15, 0.2) is 83.7 Å². The zero-order valence-corrected chi connectivity index (χ0v) is 18.3. The van der Waals surface area contributed by atoms with Crippen molar-refractivity contribution in [3.05, 3.63) is 108 Å². The summed E-state index contributed by atoms with van der Waals surface area (Å²) in [5.74, 6) is 0.734. The van der Waals surface area contributed by atoms with E-state index in [9.17, 15) is 4.79 Å². The van der Waals surface area contributed by atoms with E-state index in [1.807, 2.05) is 62.4 Å². The summed E-state index contributed by atoms with van der Waals surface area (Å²) in [5, 5.41) is 7.46. The van der Waals surface area contributed by atoms with Gasteiger partial charge in [0.05, 0.1) is 18.0 Å². The minimum absolute atomic E-state index is 0.245. The Hall–Kier alpha value is -4.39. The largest absolute Gasteiger partial charge is 0.459 e. The summed E-state index contributed by atoms with van der Waals surface area (Å²) < 4.78 is 5.21. The SMILES string of the molecule is Cc1ccnc(N[C@@H](c2ccccn2)c2c(C)[nH]c3ccc(NC(=O)c4ccco4)cc23)c1. The Balaban J connectivity index is 1.58. The molecule has 1 atom stereocenters. The van der Waals surface area contributed by atoms with E-state index < -0.39 is 0 Å². The van der Waals surface area contributed by atoms with E-state index in [2.05, 4.69) is 25.6 Å². The molecule has 0 saturated heterocycles. The zero-order chi connectivity index (χ0) is 22.8. The molecule has 4 aromatic heterocycles. The first-order valence-corrected chi connectivity index (χ1v) is 10.7. The van der Waals surface area contributed by atoms with Crippen molar-refractivity contribution in [2.45, 2.75) is 19.9 Å². The highest BCUT2D eigenvalue weighted by Gasteiger charge is 2.23. The first-order chi connectivity index (χ1) is 16.1. The summed E-state index contributed by atoms with van der Waals surface area (Å²) in [6, 6.07) is 18.7. The number of carbonyl (C=O) groups excluding carboxylic acids is 1. The number of amides is 1. The Morgan fingerprint density at radius 3 is 2.67 bits per heavy atom. The fraction of sp³-hybridized carbons (Fsp3) is 0.115. The molecule has 7 nitrogen and oxygen atoms in total. The first kappa shape index (κ1) is 20.5. The van der Waals surface area contributed by atoms with E-state index in [1.165, 1.54) is 6.26 Å². The molecule has 0 aliphatic carbocycles. The van der Waals surface area contributed by atoms with Crippen LogP contribution in [0.5, 0.6) is 0 Å². The van der Waals surface area contributed by atoms with Crippen LogP contribution >= 0.6 is 0 Å². The molecule has 0 fully saturated rings. The van der Waals surface area contributed by atoms with Crippen molar-refractivity contribution < 1.29 is 9.21 Å². The van der Waals surface area contributed by atoms with Gasteiger partial charge in [-0.2, -0.15) is 0 Å². The van der Waals surface area contributed by atoms with Gasteiger partial charge in [-0.1, -0.05) is 6.07 Å². The molecular formula is C26H23N5O2. The Kier molecular flexibility index (Phi) is 5.36. The molecule has 0 radical (unpaired) electrons. The fourth-order valence-corrected chi connectivity index (χ4v) is 4.00. The molecule has 0 unspecified atom stereocenters. The average Bonchev–Trinajstić information content (AvgIpc) is 3.46. The lowest BCUT2D eigenvalue weighted by atomic mass is 9.99. The number of H-pyrrole nitrogens is 1. The predicted octanol–water partition coefficient (Wildman–Crippen LogP) is 5.62. The van der Waals surface area contributed by atoms with Crippen LogP contribution in [0.4, 0.5) is 11.5 Å². The van der Waals surface area contributed by atoms with Crippen LogP contribution in [0.25, 0.3) is 10.9 Å². The third kappa shape index (κ3) is 4.21. The summed E-state index contributed by atoms with van der Waals surface area (Å²) in [6.45, 7) is 4.07. The minimum Gasteiger partial charge on any atom is -0.459 e. The van der Waals surface area contributed by atoms with Gasteiger partial charge < -0.3 is 20.0 Å². The van der Waals surface area contributed by atoms with Gasteiger partial charge in [-0.05, 0) is 74.0 Å². The van der Waals surface area contributed by atoms with Crippen molar-refractivity contribution in [1.82, 2.24) is 15.0 Å². The minimum atomic E-state index is -0.295. The van der Waals surface area contributed by atoms with Crippen molar-refractivity contribution >= 4 is 28.3 Å². The summed E-state index contributed by atoms with van der Waals surface area (Å²) >= 11 is 0. The van der Waals surface area contributed by atoms with Gasteiger partial charge >= 0.3 is 0 Å². The van der Waals surface area contributed by atoms with E-state index in [0.29, 0.717) is 5.69 Å². The molecule has 164 valence electrons. The number of aromatic amines is 1. The maximum Gasteiger partial charge on any atom is 0.291 e. The van der Waals surface area contributed by atoms with Crippen LogP contribution < -0.4 is 10.6 Å². The molecule has 0 aliphatic heterocycles. The highest BCUT2D eigenvalue weighted by atomic mass is 16.3. The van der Waals surface area contributed by atoms with Crippen LogP contribution in [0.1, 0.15) is 39.1 Å². The number of aromatic nitrogens is 3. The number of hydrogen-bond acceptors (Lipinski definition) is 5. The number of anilines is 2. The molecule has 33 heavy (non-hydrogen) atoms. The molecule has 7 heteroatoms. The highest BCUT2D eigenvalue weighted by molar-refractivity contribution is 6.03. The van der Waals surface area contributed by atoms with Gasteiger partial charge in [0.25, 0.3) is 5.91 Å². The molecule has 5 aromatic rings. The highest BCUT2D eigenvalue weighted by Crippen LogP contribution is 2.35. The topological polar surface area (TPSA) is 95.8 Å². The zero-order valence-electron chi connectivity index (χ0n) is 18.3. The number of pyridine rings is 2. The second-order valence-electron chi connectivity index (χ2n) is 7.91. The first-order valence-electron chi connectivity index (χ1n) is 10.7. The number of carbonyl (C=O) groups is 1. The van der Waals surface area contributed by atoms with E-state index in [1.54, 1.807) is 24.5 Å². The number of nitrogens with zero attached hydrogens (tertiary/aromatic N) is 2. The predicted molar refractivity (Wildman–Crippen MR) is 128 cm³/mol. The van der Waals surface area contributed by atoms with Gasteiger partial charge in [-0.15, -0.1) is 0 Å². The quantitative estimate of drug-likeness (QED) is 0.320. The summed E-state index contributed by atoms with van der Waals surface area (Å²) in [4.78, 5) is 25.1. The monoisotopic (exact) mass is 437 g/mol. The van der Waals surface area contributed by atoms with Crippen molar-refractivity contribution in [3.8, 4) is 0 Å². The smallest absolute Gasteiger partial charge is 0.291 e. The molecule has 1 aromatic carbocycles.